The fourth-order valence-electron chi connectivity index (χ4n) is 1.86. The zero-order chi connectivity index (χ0) is 12.5. The molecular formula is C13H18N2OS. The smallest absolute Gasteiger partial charge is 0.237 e. The highest BCUT2D eigenvalue weighted by atomic mass is 32.2. The van der Waals surface area contributed by atoms with Crippen molar-refractivity contribution in [2.75, 3.05) is 12.3 Å². The van der Waals surface area contributed by atoms with E-state index < -0.39 is 5.54 Å². The molecule has 0 aliphatic carbocycles. The minimum absolute atomic E-state index is 0.309. The summed E-state index contributed by atoms with van der Waals surface area (Å²) in [5.74, 6) is 1.23. The third-order valence-corrected chi connectivity index (χ3v) is 4.46. The lowest BCUT2D eigenvalue weighted by molar-refractivity contribution is -0.123. The molecular weight excluding hydrogens is 232 g/mol. The fraction of sp³-hybridized carbons (Fsp3) is 0.462. The summed E-state index contributed by atoms with van der Waals surface area (Å²) in [6.45, 7) is 4.44. The van der Waals surface area contributed by atoms with E-state index in [1.165, 1.54) is 10.5 Å². The van der Waals surface area contributed by atoms with Crippen LogP contribution < -0.4 is 11.1 Å². The van der Waals surface area contributed by atoms with Crippen molar-refractivity contribution < 1.29 is 4.79 Å². The molecule has 3 N–H and O–H groups in total. The molecule has 1 aliphatic rings. The summed E-state index contributed by atoms with van der Waals surface area (Å²) < 4.78 is 0. The van der Waals surface area contributed by atoms with Gasteiger partial charge < -0.3 is 11.1 Å². The van der Waals surface area contributed by atoms with Crippen LogP contribution in [0.25, 0.3) is 0 Å². The minimum atomic E-state index is -0.637. The van der Waals surface area contributed by atoms with Crippen molar-refractivity contribution >= 4 is 17.7 Å². The van der Waals surface area contributed by atoms with Crippen LogP contribution in [0.3, 0.4) is 0 Å². The summed E-state index contributed by atoms with van der Waals surface area (Å²) in [5, 5.41) is 3.25. The molecule has 0 aromatic heterocycles. The first kappa shape index (κ1) is 12.5. The summed E-state index contributed by atoms with van der Waals surface area (Å²) in [7, 11) is 0. The van der Waals surface area contributed by atoms with Gasteiger partial charge in [-0.05, 0) is 25.5 Å². The topological polar surface area (TPSA) is 55.1 Å². The van der Waals surface area contributed by atoms with Gasteiger partial charge in [0.15, 0.2) is 0 Å². The molecule has 1 unspecified atom stereocenters. The molecule has 17 heavy (non-hydrogen) atoms. The van der Waals surface area contributed by atoms with Crippen LogP contribution in [-0.2, 0) is 4.79 Å². The van der Waals surface area contributed by atoms with Gasteiger partial charge in [0.1, 0.15) is 0 Å². The van der Waals surface area contributed by atoms with Crippen molar-refractivity contribution in [1.82, 2.24) is 5.32 Å². The second-order valence-corrected chi connectivity index (χ2v) is 5.98. The minimum Gasteiger partial charge on any atom is -0.368 e. The number of fused-ring (bicyclic) bond motifs is 1. The SMILES string of the molecule is CC(C)(NCC1CSc2ccccc21)C(N)=O. The van der Waals surface area contributed by atoms with Gasteiger partial charge in [-0.15, -0.1) is 11.8 Å². The number of nitrogens with one attached hydrogen (secondary N) is 1. The van der Waals surface area contributed by atoms with Crippen LogP contribution in [0.2, 0.25) is 0 Å². The lowest BCUT2D eigenvalue weighted by Gasteiger charge is -2.24. The van der Waals surface area contributed by atoms with E-state index >= 15 is 0 Å². The number of amides is 1. The molecule has 1 amide bonds. The van der Waals surface area contributed by atoms with Gasteiger partial charge in [0.25, 0.3) is 0 Å². The molecule has 1 aliphatic heterocycles. The molecule has 1 atom stereocenters. The number of primary amides is 1. The lowest BCUT2D eigenvalue weighted by atomic mass is 9.98. The molecule has 4 heteroatoms. The van der Waals surface area contributed by atoms with Crippen molar-refractivity contribution in [2.24, 2.45) is 5.73 Å². The van der Waals surface area contributed by atoms with Gasteiger partial charge in [0.05, 0.1) is 5.54 Å². The first-order valence-electron chi connectivity index (χ1n) is 5.77. The number of carbonyl (C=O) groups is 1. The summed E-state index contributed by atoms with van der Waals surface area (Å²) in [4.78, 5) is 12.6. The number of nitrogens with two attached hydrogens (primary N) is 1. The number of rotatable bonds is 4. The maximum atomic E-state index is 11.2. The summed E-state index contributed by atoms with van der Waals surface area (Å²) in [6.07, 6.45) is 0. The van der Waals surface area contributed by atoms with E-state index in [9.17, 15) is 4.79 Å². The summed E-state index contributed by atoms with van der Waals surface area (Å²) >= 11 is 1.88. The van der Waals surface area contributed by atoms with Crippen molar-refractivity contribution in [1.29, 1.82) is 0 Å². The highest BCUT2D eigenvalue weighted by Crippen LogP contribution is 2.38. The maximum absolute atomic E-state index is 11.2. The third-order valence-electron chi connectivity index (χ3n) is 3.21. The molecule has 3 nitrogen and oxygen atoms in total. The van der Waals surface area contributed by atoms with Crippen molar-refractivity contribution in [3.05, 3.63) is 29.8 Å². The van der Waals surface area contributed by atoms with Crippen LogP contribution in [0.1, 0.15) is 25.3 Å². The Hall–Kier alpha value is -1.00. The molecule has 1 heterocycles. The molecule has 0 saturated heterocycles. The van der Waals surface area contributed by atoms with Gasteiger partial charge in [0, 0.05) is 23.1 Å². The Labute approximate surface area is 106 Å². The van der Waals surface area contributed by atoms with E-state index in [-0.39, 0.29) is 5.91 Å². The molecule has 0 spiro atoms. The predicted octanol–water partition coefficient (Wildman–Crippen LogP) is 1.73. The molecule has 2 rings (SSSR count). The number of carbonyl (C=O) groups excluding carboxylic acids is 1. The Kier molecular flexibility index (Phi) is 3.45. The summed E-state index contributed by atoms with van der Waals surface area (Å²) in [6, 6.07) is 8.45. The third kappa shape index (κ3) is 2.64. The van der Waals surface area contributed by atoms with Gasteiger partial charge >= 0.3 is 0 Å². The van der Waals surface area contributed by atoms with E-state index in [2.05, 4.69) is 29.6 Å². The van der Waals surface area contributed by atoms with E-state index in [0.29, 0.717) is 5.92 Å². The molecule has 92 valence electrons. The Morgan fingerprint density at radius 3 is 2.94 bits per heavy atom. The Balaban J connectivity index is 2.01. The largest absolute Gasteiger partial charge is 0.368 e. The van der Waals surface area contributed by atoms with Crippen LogP contribution in [-0.4, -0.2) is 23.7 Å². The molecule has 0 fully saturated rings. The van der Waals surface area contributed by atoms with Gasteiger partial charge in [-0.1, -0.05) is 18.2 Å². The van der Waals surface area contributed by atoms with Crippen LogP contribution in [0.15, 0.2) is 29.2 Å². The van der Waals surface area contributed by atoms with Crippen molar-refractivity contribution in [3.63, 3.8) is 0 Å². The average molecular weight is 250 g/mol. The first-order valence-corrected chi connectivity index (χ1v) is 6.76. The molecule has 0 bridgehead atoms. The standard InChI is InChI=1S/C13H18N2OS/c1-13(2,12(14)16)15-7-9-8-17-11-6-4-3-5-10(9)11/h3-6,9,15H,7-8H2,1-2H3,(H2,14,16). The zero-order valence-electron chi connectivity index (χ0n) is 10.2. The Bertz CT molecular complexity index is 431. The van der Waals surface area contributed by atoms with E-state index in [1.807, 2.05) is 25.6 Å². The molecule has 0 saturated carbocycles. The zero-order valence-corrected chi connectivity index (χ0v) is 11.0. The number of benzene rings is 1. The van der Waals surface area contributed by atoms with Gasteiger partial charge in [-0.3, -0.25) is 4.79 Å². The molecule has 1 aromatic rings. The average Bonchev–Trinajstić information content (AvgIpc) is 2.69. The van der Waals surface area contributed by atoms with Gasteiger partial charge in [-0.2, -0.15) is 0 Å². The highest BCUT2D eigenvalue weighted by molar-refractivity contribution is 7.99. The van der Waals surface area contributed by atoms with E-state index in [4.69, 9.17) is 5.73 Å². The number of hydrogen-bond donors (Lipinski definition) is 2. The van der Waals surface area contributed by atoms with E-state index in [1.54, 1.807) is 0 Å². The monoisotopic (exact) mass is 250 g/mol. The van der Waals surface area contributed by atoms with Crippen LogP contribution >= 0.6 is 11.8 Å². The number of hydrogen-bond acceptors (Lipinski definition) is 3. The van der Waals surface area contributed by atoms with Crippen molar-refractivity contribution in [2.45, 2.75) is 30.2 Å². The quantitative estimate of drug-likeness (QED) is 0.855. The van der Waals surface area contributed by atoms with E-state index in [0.717, 1.165) is 12.3 Å². The van der Waals surface area contributed by atoms with Crippen molar-refractivity contribution in [3.8, 4) is 0 Å². The van der Waals surface area contributed by atoms with Gasteiger partial charge in [-0.25, -0.2) is 0 Å². The Morgan fingerprint density at radius 2 is 2.24 bits per heavy atom. The van der Waals surface area contributed by atoms with Crippen LogP contribution in [0.5, 0.6) is 0 Å². The van der Waals surface area contributed by atoms with Gasteiger partial charge in [0.2, 0.25) is 5.91 Å². The lowest BCUT2D eigenvalue weighted by Crippen LogP contribution is -2.51. The molecule has 0 radical (unpaired) electrons. The Morgan fingerprint density at radius 1 is 1.53 bits per heavy atom. The molecule has 1 aromatic carbocycles. The summed E-state index contributed by atoms with van der Waals surface area (Å²) in [5.41, 5.74) is 6.09. The second kappa shape index (κ2) is 4.70. The highest BCUT2D eigenvalue weighted by Gasteiger charge is 2.28. The van der Waals surface area contributed by atoms with Crippen LogP contribution in [0.4, 0.5) is 0 Å². The number of thioether (sulfide) groups is 1. The maximum Gasteiger partial charge on any atom is 0.237 e. The normalized spacial score (nSPS) is 19.1. The fourth-order valence-corrected chi connectivity index (χ4v) is 3.12. The van der Waals surface area contributed by atoms with Crippen LogP contribution in [0, 0.1) is 0 Å². The predicted molar refractivity (Wildman–Crippen MR) is 71.2 cm³/mol. The first-order chi connectivity index (χ1) is 8.00. The second-order valence-electron chi connectivity index (χ2n) is 4.92.